The normalized spacial score (nSPS) is 12.6. The Hall–Kier alpha value is -10.3. The molecule has 0 saturated heterocycles. The van der Waals surface area contributed by atoms with Crippen molar-refractivity contribution in [2.24, 2.45) is 41.4 Å². The van der Waals surface area contributed by atoms with E-state index < -0.39 is 26.4 Å². The van der Waals surface area contributed by atoms with Crippen molar-refractivity contribution < 1.29 is 75.1 Å². The van der Waals surface area contributed by atoms with Gasteiger partial charge in [0.2, 0.25) is 0 Å². The Morgan fingerprint density at radius 2 is 0.736 bits per heavy atom. The molecule has 1 aliphatic rings. The second-order valence-electron chi connectivity index (χ2n) is 33.9. The van der Waals surface area contributed by atoms with E-state index in [2.05, 4.69) is 12.6 Å². The molecule has 121 heavy (non-hydrogen) atoms. The summed E-state index contributed by atoms with van der Waals surface area (Å²) in [7, 11) is 7.60. The Morgan fingerprint density at radius 1 is 0.380 bits per heavy atom. The highest BCUT2D eigenvalue weighted by atomic mass is 32.2. The van der Waals surface area contributed by atoms with Gasteiger partial charge in [-0.1, -0.05) is 220 Å². The van der Waals surface area contributed by atoms with E-state index in [-0.39, 0.29) is 92.4 Å². The van der Waals surface area contributed by atoms with Gasteiger partial charge in [0.15, 0.2) is 21.4 Å². The first-order valence-electron chi connectivity index (χ1n) is 41.8. The molecule has 0 heterocycles. The van der Waals surface area contributed by atoms with E-state index in [0.29, 0.717) is 29.1 Å². The molecule has 17 heteroatoms. The molecular weight excluding hydrogens is 1540 g/mol. The van der Waals surface area contributed by atoms with Crippen LogP contribution in [-0.2, 0) is 60.6 Å². The first-order valence-corrected chi connectivity index (χ1v) is 43.4. The summed E-state index contributed by atoms with van der Waals surface area (Å²) < 4.78 is 63.1. The SMILES string of the molecule is C=C(C(=O)C(C)C)c1ccc(C)c(OC)c1.COc1cc(C(C(=O)C(C)C)S(=O)(=O)c2ccccc2)ccc1C.COc1cc(C(C)(C)C(=O)C(C)C)ccc1C.COc1cc(C2(C(=O)C(C)C)CC2)ccc1C.COc1cc(CC(=O)C(C)C)ccc1C.COc1cc([C@@H](C)C(=O)C(C)C)ccc1C.COc1cc([C@H](C)C(=O)C(C)C)ccc1C. The van der Waals surface area contributed by atoms with Crippen LogP contribution in [0.1, 0.15) is 232 Å². The van der Waals surface area contributed by atoms with Crippen molar-refractivity contribution >= 4 is 55.9 Å². The van der Waals surface area contributed by atoms with Crippen molar-refractivity contribution in [3.63, 3.8) is 0 Å². The second-order valence-corrected chi connectivity index (χ2v) is 36.0. The second kappa shape index (κ2) is 48.4. The van der Waals surface area contributed by atoms with E-state index >= 15 is 0 Å². The molecule has 0 N–H and O–H groups in total. The number of allylic oxidation sites excluding steroid dienone is 1. The third kappa shape index (κ3) is 29.5. The van der Waals surface area contributed by atoms with Gasteiger partial charge in [-0.2, -0.15) is 0 Å². The molecule has 9 rings (SSSR count). The molecule has 0 amide bonds. The molecule has 0 aliphatic heterocycles. The quantitative estimate of drug-likeness (QED) is 0.0382. The summed E-state index contributed by atoms with van der Waals surface area (Å²) in [5.41, 5.74) is 13.8. The van der Waals surface area contributed by atoms with Crippen molar-refractivity contribution in [1.29, 1.82) is 0 Å². The number of ether oxygens (including phenoxy) is 7. The summed E-state index contributed by atoms with van der Waals surface area (Å²) in [6, 6.07) is 48.8. The fourth-order valence-electron chi connectivity index (χ4n) is 13.5. The molecule has 0 aromatic heterocycles. The van der Waals surface area contributed by atoms with Crippen LogP contribution in [0.15, 0.2) is 169 Å². The van der Waals surface area contributed by atoms with Crippen LogP contribution >= 0.6 is 0 Å². The van der Waals surface area contributed by atoms with E-state index in [0.717, 1.165) is 120 Å². The van der Waals surface area contributed by atoms with Gasteiger partial charge >= 0.3 is 0 Å². The molecule has 8 aromatic carbocycles. The van der Waals surface area contributed by atoms with E-state index in [1.165, 1.54) is 19.2 Å². The molecule has 0 radical (unpaired) electrons. The number of carbonyl (C=O) groups is 7. The maximum Gasteiger partial charge on any atom is 0.192 e. The van der Waals surface area contributed by atoms with Crippen molar-refractivity contribution in [1.82, 2.24) is 0 Å². The van der Waals surface area contributed by atoms with E-state index in [9.17, 15) is 42.0 Å². The molecule has 1 aliphatic carbocycles. The maximum atomic E-state index is 13.1. The van der Waals surface area contributed by atoms with Crippen LogP contribution in [0.2, 0.25) is 0 Å². The highest BCUT2D eigenvalue weighted by Gasteiger charge is 2.51. The summed E-state index contributed by atoms with van der Waals surface area (Å²) in [5, 5.41) is -1.24. The molecular formula is C104H140O16S. The highest BCUT2D eigenvalue weighted by Crippen LogP contribution is 2.51. The van der Waals surface area contributed by atoms with Crippen molar-refractivity contribution in [3.8, 4) is 40.2 Å². The van der Waals surface area contributed by atoms with Gasteiger partial charge in [0.1, 0.15) is 74.4 Å². The maximum absolute atomic E-state index is 13.1. The average molecular weight is 1680 g/mol. The Morgan fingerprint density at radius 3 is 1.12 bits per heavy atom. The lowest BCUT2D eigenvalue weighted by molar-refractivity contribution is -0.126. The van der Waals surface area contributed by atoms with Crippen LogP contribution in [0.25, 0.3) is 5.57 Å². The summed E-state index contributed by atoms with van der Waals surface area (Å²) >= 11 is 0. The number of methoxy groups -OCH3 is 7. The van der Waals surface area contributed by atoms with E-state index in [1.54, 1.807) is 92.9 Å². The van der Waals surface area contributed by atoms with E-state index in [4.69, 9.17) is 33.2 Å². The number of benzene rings is 8. The topological polar surface area (TPSA) is 218 Å². The predicted molar refractivity (Wildman–Crippen MR) is 493 cm³/mol. The van der Waals surface area contributed by atoms with Crippen molar-refractivity contribution in [3.05, 3.63) is 242 Å². The van der Waals surface area contributed by atoms with Crippen molar-refractivity contribution in [2.75, 3.05) is 49.8 Å². The molecule has 1 unspecified atom stereocenters. The summed E-state index contributed by atoms with van der Waals surface area (Å²) in [4.78, 5) is 84.5. The number of Topliss-reactive ketones (excluding diaryl/α,β-unsaturated/α-hetero) is 7. The van der Waals surface area contributed by atoms with Gasteiger partial charge in [0, 0.05) is 70.7 Å². The summed E-state index contributed by atoms with van der Waals surface area (Å²) in [6.45, 7) is 52.1. The van der Waals surface area contributed by atoms with Gasteiger partial charge < -0.3 is 33.2 Å². The minimum Gasteiger partial charge on any atom is -0.496 e. The Bertz CT molecular complexity index is 4770. The third-order valence-corrected chi connectivity index (χ3v) is 23.9. The van der Waals surface area contributed by atoms with Crippen molar-refractivity contribution in [2.45, 2.75) is 225 Å². The highest BCUT2D eigenvalue weighted by molar-refractivity contribution is 7.92. The fraction of sp³-hybridized carbons (Fsp3) is 0.452. The summed E-state index contributed by atoms with van der Waals surface area (Å²) in [5.74, 6) is 6.62. The van der Waals surface area contributed by atoms with Gasteiger partial charge in [-0.25, -0.2) is 8.42 Å². The van der Waals surface area contributed by atoms with Gasteiger partial charge in [0.25, 0.3) is 0 Å². The van der Waals surface area contributed by atoms with Crippen LogP contribution in [0.3, 0.4) is 0 Å². The van der Waals surface area contributed by atoms with Crippen LogP contribution in [0.4, 0.5) is 0 Å². The Balaban J connectivity index is 0.000000367. The van der Waals surface area contributed by atoms with Crippen LogP contribution < -0.4 is 33.2 Å². The predicted octanol–water partition coefficient (Wildman–Crippen LogP) is 23.2. The number of rotatable bonds is 30. The minimum atomic E-state index is -3.84. The zero-order chi connectivity index (χ0) is 92.0. The van der Waals surface area contributed by atoms with Crippen LogP contribution in [-0.4, -0.2) is 98.7 Å². The molecule has 1 saturated carbocycles. The number of aryl methyl sites for hydroxylation is 7. The zero-order valence-electron chi connectivity index (χ0n) is 78.6. The number of carbonyl (C=O) groups excluding carboxylic acids is 7. The smallest absolute Gasteiger partial charge is 0.192 e. The number of hydrogen-bond acceptors (Lipinski definition) is 16. The first kappa shape index (κ1) is 105. The monoisotopic (exact) mass is 1680 g/mol. The third-order valence-electron chi connectivity index (χ3n) is 21.9. The summed E-state index contributed by atoms with van der Waals surface area (Å²) in [6.07, 6.45) is 2.46. The fourth-order valence-corrected chi connectivity index (χ4v) is 15.4. The number of sulfone groups is 1. The lowest BCUT2D eigenvalue weighted by atomic mass is 9.76. The number of hydrogen-bond donors (Lipinski definition) is 0. The number of ketones is 7. The molecule has 1 fully saturated rings. The van der Waals surface area contributed by atoms with Gasteiger partial charge in [-0.05, 0) is 208 Å². The zero-order valence-corrected chi connectivity index (χ0v) is 79.4. The molecule has 0 spiro atoms. The molecule has 16 nitrogen and oxygen atoms in total. The molecule has 658 valence electrons. The average Bonchev–Trinajstić information content (AvgIpc) is 1.59. The van der Waals surface area contributed by atoms with E-state index in [1.807, 2.05) is 262 Å². The van der Waals surface area contributed by atoms with Crippen LogP contribution in [0, 0.1) is 89.9 Å². The molecule has 3 atom stereocenters. The lowest BCUT2D eigenvalue weighted by Gasteiger charge is -2.26. The standard InChI is InChI=1S/C19H22O4S.C15H20O2.C15H22O2.2C14H20O2.C14H18O2.C13H18O2/c1-13(2)18(20)19(15-11-10-14(3)17(12-15)23-4)24(21,22)16-8-6-5-7-9-16;1-10(2)14(16)15(7-8-15)12-6-5-11(3)13(9-12)17-4;1-10(2)14(16)15(4,5)12-8-7-11(3)13(9-12)17-6;3*1-9(2)14(15)11(4)12-7-6-10(3)13(8-12)16-5;1-9(2)12(14)7-11-6-5-10(3)13(8-11)15-4/h5-13,19H,1-4H3;5-6,9-10H,7-8H2,1-4H3;7-10H,1-6H3;2*6-9,11H,1-5H3;6-9H,4H2,1-3,5H3;5-6,8-9H,7H2,1-4H3/t;;;2*11-;;/m...10../s1. The first-order chi connectivity index (χ1) is 56.5. The van der Waals surface area contributed by atoms with Gasteiger partial charge in [0.05, 0.1) is 60.1 Å². The van der Waals surface area contributed by atoms with Gasteiger partial charge in [-0.15, -0.1) is 0 Å². The minimum absolute atomic E-state index is 0.0280. The Kier molecular flexibility index (Phi) is 42.0. The lowest BCUT2D eigenvalue weighted by Crippen LogP contribution is -2.32. The van der Waals surface area contributed by atoms with Crippen LogP contribution in [0.5, 0.6) is 40.2 Å². The largest absolute Gasteiger partial charge is 0.496 e. The molecule has 0 bridgehead atoms. The molecule has 8 aromatic rings. The Labute approximate surface area is 725 Å². The van der Waals surface area contributed by atoms with Gasteiger partial charge in [-0.3, -0.25) is 33.6 Å².